The molecule has 0 N–H and O–H groups in total. The molecule has 0 aliphatic heterocycles. The summed E-state index contributed by atoms with van der Waals surface area (Å²) in [7, 11) is -0.359. The first-order valence-electron chi connectivity index (χ1n) is 4.84. The first-order chi connectivity index (χ1) is 6.38. The molecule has 0 amide bonds. The number of benzene rings is 1. The van der Waals surface area contributed by atoms with Crippen LogP contribution < -0.4 is 5.30 Å². The van der Waals surface area contributed by atoms with Crippen molar-refractivity contribution in [2.24, 2.45) is 0 Å². The van der Waals surface area contributed by atoms with Crippen molar-refractivity contribution in [3.8, 4) is 0 Å². The summed E-state index contributed by atoms with van der Waals surface area (Å²) in [6, 6.07) is 10.5. The minimum absolute atomic E-state index is 0.359. The molecule has 0 radical (unpaired) electrons. The van der Waals surface area contributed by atoms with Gasteiger partial charge in [0.1, 0.15) is 0 Å². The summed E-state index contributed by atoms with van der Waals surface area (Å²) < 4.78 is 5.79. The normalized spacial score (nSPS) is 12.8. The van der Waals surface area contributed by atoms with E-state index in [0.717, 1.165) is 19.2 Å². The van der Waals surface area contributed by atoms with Crippen LogP contribution >= 0.6 is 8.15 Å². The van der Waals surface area contributed by atoms with Gasteiger partial charge < -0.3 is 4.52 Å². The standard InChI is InChI=1S/C11H17OP/c1-3-10-12-13(4-2)11-8-6-5-7-9-11/h5-9H,3-4,10H2,1-2H3. The summed E-state index contributed by atoms with van der Waals surface area (Å²) in [5, 5.41) is 1.36. The molecule has 1 aromatic carbocycles. The molecule has 1 nitrogen and oxygen atoms in total. The van der Waals surface area contributed by atoms with Crippen LogP contribution in [0, 0.1) is 0 Å². The van der Waals surface area contributed by atoms with E-state index in [1.807, 2.05) is 6.07 Å². The minimum atomic E-state index is -0.359. The van der Waals surface area contributed by atoms with Gasteiger partial charge in [0.2, 0.25) is 0 Å². The summed E-state index contributed by atoms with van der Waals surface area (Å²) >= 11 is 0. The van der Waals surface area contributed by atoms with Gasteiger partial charge in [-0.3, -0.25) is 0 Å². The zero-order chi connectivity index (χ0) is 9.52. The molecule has 1 unspecified atom stereocenters. The third-order valence-electron chi connectivity index (χ3n) is 1.78. The minimum Gasteiger partial charge on any atom is -0.354 e. The molecule has 0 bridgehead atoms. The molecular weight excluding hydrogens is 179 g/mol. The van der Waals surface area contributed by atoms with Crippen LogP contribution in [0.1, 0.15) is 20.3 Å². The maximum atomic E-state index is 5.79. The van der Waals surface area contributed by atoms with Gasteiger partial charge in [-0.15, -0.1) is 0 Å². The second-order valence-corrected chi connectivity index (χ2v) is 5.03. The van der Waals surface area contributed by atoms with Crippen molar-refractivity contribution in [1.82, 2.24) is 0 Å². The van der Waals surface area contributed by atoms with Crippen LogP contribution in [0.15, 0.2) is 30.3 Å². The van der Waals surface area contributed by atoms with E-state index in [1.165, 1.54) is 5.30 Å². The quantitative estimate of drug-likeness (QED) is 0.657. The smallest absolute Gasteiger partial charge is 0.0600 e. The Kier molecular flexibility index (Phi) is 5.03. The average Bonchev–Trinajstić information content (AvgIpc) is 2.21. The van der Waals surface area contributed by atoms with E-state index < -0.39 is 0 Å². The molecule has 2 heteroatoms. The summed E-state index contributed by atoms with van der Waals surface area (Å²) in [4.78, 5) is 0. The van der Waals surface area contributed by atoms with Gasteiger partial charge >= 0.3 is 0 Å². The van der Waals surface area contributed by atoms with Gasteiger partial charge in [-0.1, -0.05) is 44.2 Å². The maximum Gasteiger partial charge on any atom is 0.0600 e. The van der Waals surface area contributed by atoms with Crippen molar-refractivity contribution in [2.75, 3.05) is 12.8 Å². The lowest BCUT2D eigenvalue weighted by Crippen LogP contribution is -2.04. The maximum absolute atomic E-state index is 5.79. The van der Waals surface area contributed by atoms with E-state index in [-0.39, 0.29) is 8.15 Å². The van der Waals surface area contributed by atoms with E-state index in [2.05, 4.69) is 38.1 Å². The summed E-state index contributed by atoms with van der Waals surface area (Å²) in [5.41, 5.74) is 0. The Bertz CT molecular complexity index is 223. The van der Waals surface area contributed by atoms with Gasteiger partial charge in [-0.2, -0.15) is 0 Å². The first kappa shape index (κ1) is 10.7. The second kappa shape index (κ2) is 6.12. The molecule has 0 aliphatic carbocycles. The van der Waals surface area contributed by atoms with E-state index in [0.29, 0.717) is 0 Å². The first-order valence-corrected chi connectivity index (χ1v) is 6.28. The predicted molar refractivity (Wildman–Crippen MR) is 59.8 cm³/mol. The average molecular weight is 196 g/mol. The fourth-order valence-electron chi connectivity index (χ4n) is 1.14. The lowest BCUT2D eigenvalue weighted by molar-refractivity contribution is 0.356. The summed E-state index contributed by atoms with van der Waals surface area (Å²) in [5.74, 6) is 0. The Morgan fingerprint density at radius 1 is 1.15 bits per heavy atom. The SMILES string of the molecule is CCCOP(CC)c1ccccc1. The molecule has 1 atom stereocenters. The fraction of sp³-hybridized carbons (Fsp3) is 0.455. The molecule has 13 heavy (non-hydrogen) atoms. The van der Waals surface area contributed by atoms with E-state index in [9.17, 15) is 0 Å². The Morgan fingerprint density at radius 2 is 1.85 bits per heavy atom. The monoisotopic (exact) mass is 196 g/mol. The molecule has 1 rings (SSSR count). The molecule has 0 spiro atoms. The molecule has 0 saturated carbocycles. The highest BCUT2D eigenvalue weighted by Gasteiger charge is 2.07. The van der Waals surface area contributed by atoms with Gasteiger partial charge in [0, 0.05) is 5.30 Å². The van der Waals surface area contributed by atoms with Crippen molar-refractivity contribution in [1.29, 1.82) is 0 Å². The molecule has 72 valence electrons. The summed E-state index contributed by atoms with van der Waals surface area (Å²) in [6.07, 6.45) is 2.21. The second-order valence-electron chi connectivity index (χ2n) is 2.86. The van der Waals surface area contributed by atoms with Gasteiger partial charge in [0.05, 0.1) is 14.8 Å². The zero-order valence-electron chi connectivity index (χ0n) is 8.36. The van der Waals surface area contributed by atoms with Crippen LogP contribution in [-0.2, 0) is 4.52 Å². The largest absolute Gasteiger partial charge is 0.354 e. The van der Waals surface area contributed by atoms with Crippen molar-refractivity contribution in [3.63, 3.8) is 0 Å². The van der Waals surface area contributed by atoms with Crippen LogP contribution in [0.25, 0.3) is 0 Å². The van der Waals surface area contributed by atoms with E-state index in [4.69, 9.17) is 4.52 Å². The van der Waals surface area contributed by atoms with Crippen LogP contribution in [0.5, 0.6) is 0 Å². The van der Waals surface area contributed by atoms with E-state index >= 15 is 0 Å². The highest BCUT2D eigenvalue weighted by Crippen LogP contribution is 2.34. The van der Waals surface area contributed by atoms with Gasteiger partial charge in [-0.05, 0) is 12.6 Å². The lowest BCUT2D eigenvalue weighted by atomic mass is 10.4. The molecule has 0 aromatic heterocycles. The van der Waals surface area contributed by atoms with Crippen LogP contribution in [0.4, 0.5) is 0 Å². The molecule has 1 aromatic rings. The van der Waals surface area contributed by atoms with Crippen molar-refractivity contribution in [2.45, 2.75) is 20.3 Å². The summed E-state index contributed by atoms with van der Waals surface area (Å²) in [6.45, 7) is 5.22. The third-order valence-corrected chi connectivity index (χ3v) is 3.73. The van der Waals surface area contributed by atoms with E-state index in [1.54, 1.807) is 0 Å². The molecule has 0 fully saturated rings. The Labute approximate surface area is 82.0 Å². The Hall–Kier alpha value is -0.390. The van der Waals surface area contributed by atoms with Crippen LogP contribution in [0.2, 0.25) is 0 Å². The zero-order valence-corrected chi connectivity index (χ0v) is 9.26. The molecule has 0 heterocycles. The van der Waals surface area contributed by atoms with Gasteiger partial charge in [0.15, 0.2) is 0 Å². The highest BCUT2D eigenvalue weighted by molar-refractivity contribution is 7.60. The molecule has 0 aliphatic rings. The van der Waals surface area contributed by atoms with Gasteiger partial charge in [0.25, 0.3) is 0 Å². The number of hydrogen-bond donors (Lipinski definition) is 0. The Balaban J connectivity index is 2.56. The van der Waals surface area contributed by atoms with Crippen molar-refractivity contribution >= 4 is 13.5 Å². The van der Waals surface area contributed by atoms with Crippen LogP contribution in [0.3, 0.4) is 0 Å². The van der Waals surface area contributed by atoms with Crippen LogP contribution in [-0.4, -0.2) is 12.8 Å². The number of rotatable bonds is 5. The van der Waals surface area contributed by atoms with Gasteiger partial charge in [-0.25, -0.2) is 0 Å². The number of hydrogen-bond acceptors (Lipinski definition) is 1. The molecular formula is C11H17OP. The van der Waals surface area contributed by atoms with Crippen molar-refractivity contribution < 1.29 is 4.52 Å². The lowest BCUT2D eigenvalue weighted by Gasteiger charge is -2.15. The topological polar surface area (TPSA) is 9.23 Å². The van der Waals surface area contributed by atoms with Crippen molar-refractivity contribution in [3.05, 3.63) is 30.3 Å². The highest BCUT2D eigenvalue weighted by atomic mass is 31.1. The Morgan fingerprint density at radius 3 is 2.38 bits per heavy atom. The molecule has 0 saturated heterocycles. The predicted octanol–water partition coefficient (Wildman–Crippen LogP) is 3.16. The fourth-order valence-corrected chi connectivity index (χ4v) is 2.75. The third kappa shape index (κ3) is 3.46.